The van der Waals surface area contributed by atoms with E-state index in [4.69, 9.17) is 10.3 Å². The summed E-state index contributed by atoms with van der Waals surface area (Å²) in [6.07, 6.45) is 0.386. The fourth-order valence-corrected chi connectivity index (χ4v) is 0.879. The third-order valence-corrected chi connectivity index (χ3v) is 1.46. The molecule has 0 unspecified atom stereocenters. The number of hydrogen-bond acceptors (Lipinski definition) is 4. The number of hydrogen-bond donors (Lipinski definition) is 3. The molecule has 6 nitrogen and oxygen atoms in total. The first kappa shape index (κ1) is 11.6. The second-order valence-electron chi connectivity index (χ2n) is 1.89. The van der Waals surface area contributed by atoms with Crippen molar-refractivity contribution in [2.24, 2.45) is 5.73 Å². The SMILES string of the molecule is NC(=S)NCCCOS(=O)(=O)O. The van der Waals surface area contributed by atoms with E-state index in [9.17, 15) is 8.42 Å². The minimum Gasteiger partial charge on any atom is -0.376 e. The summed E-state index contributed by atoms with van der Waals surface area (Å²) in [6, 6.07) is 0. The second-order valence-corrected chi connectivity index (χ2v) is 3.43. The van der Waals surface area contributed by atoms with Crippen molar-refractivity contribution in [2.45, 2.75) is 6.42 Å². The fraction of sp³-hybridized carbons (Fsp3) is 0.750. The van der Waals surface area contributed by atoms with Crippen molar-refractivity contribution in [3.8, 4) is 0 Å². The molecular weight excluding hydrogens is 204 g/mol. The van der Waals surface area contributed by atoms with Gasteiger partial charge in [-0.1, -0.05) is 0 Å². The van der Waals surface area contributed by atoms with Crippen LogP contribution in [0.15, 0.2) is 0 Å². The molecule has 0 aromatic heterocycles. The van der Waals surface area contributed by atoms with E-state index in [-0.39, 0.29) is 11.7 Å². The molecule has 0 aromatic carbocycles. The van der Waals surface area contributed by atoms with Crippen LogP contribution in [0.5, 0.6) is 0 Å². The van der Waals surface area contributed by atoms with Crippen LogP contribution in [0.25, 0.3) is 0 Å². The molecule has 72 valence electrons. The molecule has 12 heavy (non-hydrogen) atoms. The molecule has 0 aliphatic rings. The molecule has 0 atom stereocenters. The normalized spacial score (nSPS) is 11.1. The lowest BCUT2D eigenvalue weighted by Crippen LogP contribution is -2.30. The van der Waals surface area contributed by atoms with Gasteiger partial charge in [0.05, 0.1) is 6.61 Å². The molecule has 0 rings (SSSR count). The Morgan fingerprint density at radius 1 is 1.67 bits per heavy atom. The monoisotopic (exact) mass is 214 g/mol. The Morgan fingerprint density at radius 3 is 2.67 bits per heavy atom. The van der Waals surface area contributed by atoms with E-state index in [1.165, 1.54) is 0 Å². The Kier molecular flexibility index (Phi) is 5.06. The summed E-state index contributed by atoms with van der Waals surface area (Å²) in [6.45, 7) is 0.305. The summed E-state index contributed by atoms with van der Waals surface area (Å²) >= 11 is 4.48. The van der Waals surface area contributed by atoms with E-state index in [1.807, 2.05) is 0 Å². The summed E-state index contributed by atoms with van der Waals surface area (Å²) < 4.78 is 32.1. The van der Waals surface area contributed by atoms with Gasteiger partial charge in [0.25, 0.3) is 0 Å². The molecule has 0 heterocycles. The Hall–Kier alpha value is -0.440. The third-order valence-electron chi connectivity index (χ3n) is 0.853. The van der Waals surface area contributed by atoms with Gasteiger partial charge in [0.1, 0.15) is 0 Å². The lowest BCUT2D eigenvalue weighted by atomic mass is 10.5. The van der Waals surface area contributed by atoms with E-state index < -0.39 is 10.4 Å². The topological polar surface area (TPSA) is 102 Å². The van der Waals surface area contributed by atoms with Gasteiger partial charge in [0, 0.05) is 6.54 Å². The van der Waals surface area contributed by atoms with E-state index in [2.05, 4.69) is 21.7 Å². The quantitative estimate of drug-likeness (QED) is 0.307. The molecule has 0 aliphatic carbocycles. The van der Waals surface area contributed by atoms with Crippen molar-refractivity contribution in [1.29, 1.82) is 0 Å². The van der Waals surface area contributed by atoms with E-state index in [1.54, 1.807) is 0 Å². The minimum atomic E-state index is -4.32. The summed E-state index contributed by atoms with van der Waals surface area (Å²) in [5, 5.41) is 2.73. The Labute approximate surface area is 76.0 Å². The lowest BCUT2D eigenvalue weighted by molar-refractivity contribution is 0.265. The molecule has 0 saturated heterocycles. The summed E-state index contributed by atoms with van der Waals surface area (Å²) in [7, 11) is -4.32. The molecule has 0 fully saturated rings. The number of thiocarbonyl (C=S) groups is 1. The van der Waals surface area contributed by atoms with Crippen molar-refractivity contribution >= 4 is 27.7 Å². The summed E-state index contributed by atoms with van der Waals surface area (Å²) in [4.78, 5) is 0. The Balaban J connectivity index is 3.29. The average Bonchev–Trinajstić information content (AvgIpc) is 1.83. The van der Waals surface area contributed by atoms with Crippen LogP contribution >= 0.6 is 12.2 Å². The highest BCUT2D eigenvalue weighted by Gasteiger charge is 2.02. The van der Waals surface area contributed by atoms with Gasteiger partial charge in [0.15, 0.2) is 5.11 Å². The first-order valence-electron chi connectivity index (χ1n) is 3.07. The zero-order valence-corrected chi connectivity index (χ0v) is 7.82. The molecular formula is C4H10N2O4S2. The van der Waals surface area contributed by atoms with Gasteiger partial charge in [0.2, 0.25) is 0 Å². The van der Waals surface area contributed by atoms with E-state index in [0.29, 0.717) is 13.0 Å². The van der Waals surface area contributed by atoms with Crippen molar-refractivity contribution in [1.82, 2.24) is 5.32 Å². The van der Waals surface area contributed by atoms with Gasteiger partial charge >= 0.3 is 10.4 Å². The van der Waals surface area contributed by atoms with E-state index >= 15 is 0 Å². The summed E-state index contributed by atoms with van der Waals surface area (Å²) in [5.41, 5.74) is 5.07. The first-order chi connectivity index (χ1) is 5.42. The van der Waals surface area contributed by atoms with Crippen LogP contribution in [-0.2, 0) is 14.6 Å². The van der Waals surface area contributed by atoms with Crippen molar-refractivity contribution in [3.05, 3.63) is 0 Å². The van der Waals surface area contributed by atoms with Gasteiger partial charge in [-0.3, -0.25) is 4.55 Å². The van der Waals surface area contributed by atoms with Crippen LogP contribution in [0.4, 0.5) is 0 Å². The van der Waals surface area contributed by atoms with Crippen LogP contribution in [0.2, 0.25) is 0 Å². The number of nitrogens with two attached hydrogens (primary N) is 1. The van der Waals surface area contributed by atoms with Gasteiger partial charge < -0.3 is 11.1 Å². The maximum atomic E-state index is 9.99. The smallest absolute Gasteiger partial charge is 0.376 e. The largest absolute Gasteiger partial charge is 0.397 e. The first-order valence-corrected chi connectivity index (χ1v) is 4.84. The molecule has 0 aromatic rings. The van der Waals surface area contributed by atoms with Crippen LogP contribution in [-0.4, -0.2) is 31.2 Å². The molecule has 0 spiro atoms. The zero-order valence-electron chi connectivity index (χ0n) is 6.19. The molecule has 4 N–H and O–H groups in total. The highest BCUT2D eigenvalue weighted by Crippen LogP contribution is 1.87. The Bertz CT molecular complexity index is 237. The Morgan fingerprint density at radius 2 is 2.25 bits per heavy atom. The van der Waals surface area contributed by atoms with Gasteiger partial charge in [-0.25, -0.2) is 4.18 Å². The molecule has 0 amide bonds. The van der Waals surface area contributed by atoms with Crippen molar-refractivity contribution < 1.29 is 17.2 Å². The van der Waals surface area contributed by atoms with Crippen LogP contribution < -0.4 is 11.1 Å². The fourth-order valence-electron chi connectivity index (χ4n) is 0.448. The molecule has 8 heteroatoms. The van der Waals surface area contributed by atoms with Gasteiger partial charge in [-0.15, -0.1) is 0 Å². The van der Waals surface area contributed by atoms with Gasteiger partial charge in [-0.2, -0.15) is 8.42 Å². The lowest BCUT2D eigenvalue weighted by Gasteiger charge is -2.02. The predicted octanol–water partition coefficient (Wildman–Crippen LogP) is -0.971. The van der Waals surface area contributed by atoms with Crippen LogP contribution in [0.3, 0.4) is 0 Å². The van der Waals surface area contributed by atoms with Crippen molar-refractivity contribution in [3.63, 3.8) is 0 Å². The number of nitrogens with one attached hydrogen (secondary N) is 1. The molecule has 0 bridgehead atoms. The van der Waals surface area contributed by atoms with E-state index in [0.717, 1.165) is 0 Å². The molecule has 0 saturated carbocycles. The third kappa shape index (κ3) is 9.56. The highest BCUT2D eigenvalue weighted by molar-refractivity contribution is 7.80. The minimum absolute atomic E-state index is 0.103. The molecule has 0 aliphatic heterocycles. The van der Waals surface area contributed by atoms with Crippen LogP contribution in [0, 0.1) is 0 Å². The van der Waals surface area contributed by atoms with Crippen molar-refractivity contribution in [2.75, 3.05) is 13.2 Å². The second kappa shape index (κ2) is 5.25. The average molecular weight is 214 g/mol. The van der Waals surface area contributed by atoms with Gasteiger partial charge in [-0.05, 0) is 18.6 Å². The zero-order chi connectivity index (χ0) is 9.61. The predicted molar refractivity (Wildman–Crippen MR) is 46.9 cm³/mol. The standard InChI is InChI=1S/C4H10N2O4S2/c5-4(11)6-2-1-3-10-12(7,8)9/h1-3H2,(H3,5,6,11)(H,7,8,9). The van der Waals surface area contributed by atoms with Crippen LogP contribution in [0.1, 0.15) is 6.42 Å². The number of rotatable bonds is 5. The summed E-state index contributed by atoms with van der Waals surface area (Å²) in [5.74, 6) is 0. The molecule has 0 radical (unpaired) electrons. The maximum Gasteiger partial charge on any atom is 0.397 e. The maximum absolute atomic E-state index is 9.99. The highest BCUT2D eigenvalue weighted by atomic mass is 32.3.